The summed E-state index contributed by atoms with van der Waals surface area (Å²) in [5, 5.41) is 2.58. The third kappa shape index (κ3) is 6.21. The number of benzene rings is 1. The molecule has 0 bridgehead atoms. The van der Waals surface area contributed by atoms with Gasteiger partial charge in [-0.25, -0.2) is 4.79 Å². The number of ether oxygens (including phenoxy) is 2. The largest absolute Gasteiger partial charge is 0.481 e. The maximum absolute atomic E-state index is 11.8. The zero-order valence-electron chi connectivity index (χ0n) is 15.5. The van der Waals surface area contributed by atoms with Gasteiger partial charge in [0, 0.05) is 13.1 Å². The van der Waals surface area contributed by atoms with Crippen molar-refractivity contribution in [2.75, 3.05) is 32.1 Å². The fraction of sp³-hybridized carbons (Fsp3) is 0.444. The molecule has 1 fully saturated rings. The highest BCUT2D eigenvalue weighted by Crippen LogP contribution is 2.24. The van der Waals surface area contributed by atoms with Crippen LogP contribution in [0.15, 0.2) is 12.1 Å². The number of carbonyl (C=O) groups excluding carboxylic acids is 3. The molecule has 0 saturated carbocycles. The van der Waals surface area contributed by atoms with Gasteiger partial charge in [-0.3, -0.25) is 14.5 Å². The Kier molecular flexibility index (Phi) is 7.61. The second kappa shape index (κ2) is 9.70. The molecule has 1 aliphatic rings. The van der Waals surface area contributed by atoms with Crippen LogP contribution in [0.5, 0.6) is 5.75 Å². The molecule has 2 rings (SSSR count). The lowest BCUT2D eigenvalue weighted by Crippen LogP contribution is -2.39. The standard InChI is InChI=1S/C18H22N2O5S2/c1-11-6-12(2)17(13(3)7-11)25-9-16(23)24-8-14(21)19-4-5-20-15(22)10-27-18(20)26/h6-7H,4-5,8-10H2,1-3H3,(H,19,21). The van der Waals surface area contributed by atoms with Crippen molar-refractivity contribution in [3.05, 3.63) is 28.8 Å². The van der Waals surface area contributed by atoms with Gasteiger partial charge in [-0.2, -0.15) is 0 Å². The van der Waals surface area contributed by atoms with Crippen molar-refractivity contribution in [1.82, 2.24) is 10.2 Å². The maximum Gasteiger partial charge on any atom is 0.344 e. The Morgan fingerprint density at radius 1 is 1.22 bits per heavy atom. The van der Waals surface area contributed by atoms with Crippen LogP contribution in [0, 0.1) is 20.8 Å². The highest BCUT2D eigenvalue weighted by atomic mass is 32.2. The quantitative estimate of drug-likeness (QED) is 0.514. The van der Waals surface area contributed by atoms with E-state index in [2.05, 4.69) is 5.32 Å². The average Bonchev–Trinajstić information content (AvgIpc) is 2.91. The second-order valence-electron chi connectivity index (χ2n) is 6.13. The van der Waals surface area contributed by atoms with Gasteiger partial charge in [0.2, 0.25) is 5.91 Å². The monoisotopic (exact) mass is 410 g/mol. The molecule has 2 amide bonds. The molecule has 1 N–H and O–H groups in total. The van der Waals surface area contributed by atoms with Gasteiger partial charge in [0.25, 0.3) is 5.91 Å². The Morgan fingerprint density at radius 2 is 1.89 bits per heavy atom. The lowest BCUT2D eigenvalue weighted by Gasteiger charge is -2.15. The van der Waals surface area contributed by atoms with Crippen LogP contribution in [0.25, 0.3) is 0 Å². The van der Waals surface area contributed by atoms with Crippen molar-refractivity contribution in [3.63, 3.8) is 0 Å². The smallest absolute Gasteiger partial charge is 0.344 e. The lowest BCUT2D eigenvalue weighted by molar-refractivity contribution is -0.150. The second-order valence-corrected chi connectivity index (χ2v) is 7.74. The summed E-state index contributed by atoms with van der Waals surface area (Å²) in [7, 11) is 0. The van der Waals surface area contributed by atoms with Crippen LogP contribution in [-0.4, -0.2) is 59.1 Å². The molecule has 0 atom stereocenters. The molecule has 27 heavy (non-hydrogen) atoms. The van der Waals surface area contributed by atoms with Gasteiger partial charge in [0.1, 0.15) is 10.1 Å². The van der Waals surface area contributed by atoms with E-state index in [0.29, 0.717) is 22.4 Å². The number of rotatable bonds is 8. The molecule has 1 aromatic rings. The molecule has 9 heteroatoms. The van der Waals surface area contributed by atoms with Crippen LogP contribution in [-0.2, 0) is 19.1 Å². The first-order valence-electron chi connectivity index (χ1n) is 8.38. The summed E-state index contributed by atoms with van der Waals surface area (Å²) in [4.78, 5) is 36.5. The van der Waals surface area contributed by atoms with Crippen LogP contribution in [0.4, 0.5) is 0 Å². The number of thioether (sulfide) groups is 1. The minimum absolute atomic E-state index is 0.0653. The van der Waals surface area contributed by atoms with E-state index >= 15 is 0 Å². The molecule has 146 valence electrons. The van der Waals surface area contributed by atoms with Crippen LogP contribution < -0.4 is 10.1 Å². The minimum Gasteiger partial charge on any atom is -0.481 e. The van der Waals surface area contributed by atoms with Crippen molar-refractivity contribution in [2.24, 2.45) is 0 Å². The van der Waals surface area contributed by atoms with Crippen LogP contribution in [0.1, 0.15) is 16.7 Å². The lowest BCUT2D eigenvalue weighted by atomic mass is 10.1. The molecule has 1 aliphatic heterocycles. The molecule has 0 unspecified atom stereocenters. The third-order valence-electron chi connectivity index (χ3n) is 3.80. The van der Waals surface area contributed by atoms with E-state index in [1.807, 2.05) is 32.9 Å². The zero-order chi connectivity index (χ0) is 20.0. The van der Waals surface area contributed by atoms with Crippen molar-refractivity contribution in [2.45, 2.75) is 20.8 Å². The summed E-state index contributed by atoms with van der Waals surface area (Å²) in [5.74, 6) is -0.159. The van der Waals surface area contributed by atoms with Gasteiger partial charge in [0.05, 0.1) is 5.75 Å². The minimum atomic E-state index is -0.628. The number of aryl methyl sites for hydroxylation is 3. The zero-order valence-corrected chi connectivity index (χ0v) is 17.1. The van der Waals surface area contributed by atoms with Crippen molar-refractivity contribution < 1.29 is 23.9 Å². The Balaban J connectivity index is 1.67. The van der Waals surface area contributed by atoms with E-state index in [1.54, 1.807) is 0 Å². The Hall–Kier alpha value is -2.13. The van der Waals surface area contributed by atoms with E-state index in [4.69, 9.17) is 21.7 Å². The molecule has 7 nitrogen and oxygen atoms in total. The summed E-state index contributed by atoms with van der Waals surface area (Å²) < 4.78 is 10.9. The van der Waals surface area contributed by atoms with E-state index in [0.717, 1.165) is 16.7 Å². The number of nitrogens with zero attached hydrogens (tertiary/aromatic N) is 1. The number of nitrogens with one attached hydrogen (secondary N) is 1. The van der Waals surface area contributed by atoms with Gasteiger partial charge in [-0.05, 0) is 31.9 Å². The van der Waals surface area contributed by atoms with Crippen LogP contribution >= 0.6 is 24.0 Å². The first-order valence-corrected chi connectivity index (χ1v) is 9.77. The van der Waals surface area contributed by atoms with Crippen molar-refractivity contribution in [3.8, 4) is 5.75 Å². The first-order chi connectivity index (χ1) is 12.8. The Labute approximate surface area is 167 Å². The summed E-state index contributed by atoms with van der Waals surface area (Å²) in [6.07, 6.45) is 0. The Morgan fingerprint density at radius 3 is 2.48 bits per heavy atom. The predicted molar refractivity (Wildman–Crippen MR) is 107 cm³/mol. The third-order valence-corrected chi connectivity index (χ3v) is 5.23. The molecule has 0 spiro atoms. The first kappa shape index (κ1) is 21.2. The number of amides is 2. The van der Waals surface area contributed by atoms with Crippen molar-refractivity contribution >= 4 is 46.1 Å². The number of hydrogen-bond acceptors (Lipinski definition) is 7. The molecule has 1 saturated heterocycles. The topological polar surface area (TPSA) is 84.9 Å². The summed E-state index contributed by atoms with van der Waals surface area (Å²) in [6.45, 7) is 5.67. The summed E-state index contributed by atoms with van der Waals surface area (Å²) in [6, 6.07) is 3.94. The molecule has 1 heterocycles. The molecule has 0 radical (unpaired) electrons. The number of carbonyl (C=O) groups is 3. The molecule has 1 aromatic carbocycles. The van der Waals surface area contributed by atoms with Crippen molar-refractivity contribution in [1.29, 1.82) is 0 Å². The molecular weight excluding hydrogens is 388 g/mol. The normalized spacial score (nSPS) is 13.7. The highest BCUT2D eigenvalue weighted by Gasteiger charge is 2.25. The van der Waals surface area contributed by atoms with Crippen LogP contribution in [0.2, 0.25) is 0 Å². The summed E-state index contributed by atoms with van der Waals surface area (Å²) in [5.41, 5.74) is 2.99. The number of thiocarbonyl (C=S) groups is 1. The Bertz CT molecular complexity index is 727. The van der Waals surface area contributed by atoms with E-state index in [1.165, 1.54) is 16.7 Å². The molecular formula is C18H22N2O5S2. The van der Waals surface area contributed by atoms with Gasteiger partial charge in [-0.15, -0.1) is 0 Å². The van der Waals surface area contributed by atoms with Gasteiger partial charge < -0.3 is 14.8 Å². The van der Waals surface area contributed by atoms with Gasteiger partial charge in [0.15, 0.2) is 13.2 Å². The van der Waals surface area contributed by atoms with Crippen LogP contribution in [0.3, 0.4) is 0 Å². The average molecular weight is 411 g/mol. The van der Waals surface area contributed by atoms with Gasteiger partial charge >= 0.3 is 5.97 Å². The molecule has 0 aliphatic carbocycles. The van der Waals surface area contributed by atoms with E-state index in [-0.39, 0.29) is 19.1 Å². The molecule has 0 aromatic heterocycles. The highest BCUT2D eigenvalue weighted by molar-refractivity contribution is 8.23. The number of esters is 1. The fourth-order valence-corrected chi connectivity index (χ4v) is 3.79. The maximum atomic E-state index is 11.8. The predicted octanol–water partition coefficient (Wildman–Crippen LogP) is 1.51. The fourth-order valence-electron chi connectivity index (χ4n) is 2.67. The van der Waals surface area contributed by atoms with E-state index in [9.17, 15) is 14.4 Å². The van der Waals surface area contributed by atoms with Gasteiger partial charge in [-0.1, -0.05) is 41.7 Å². The van der Waals surface area contributed by atoms with E-state index < -0.39 is 18.5 Å². The summed E-state index contributed by atoms with van der Waals surface area (Å²) >= 11 is 6.35. The number of hydrogen-bond donors (Lipinski definition) is 1. The SMILES string of the molecule is Cc1cc(C)c(OCC(=O)OCC(=O)NCCN2C(=O)CSC2=S)c(C)c1.